The van der Waals surface area contributed by atoms with E-state index in [4.69, 9.17) is 16.3 Å². The van der Waals surface area contributed by atoms with Crippen molar-refractivity contribution in [2.75, 3.05) is 6.61 Å². The number of rotatable bonds is 3. The molecule has 0 fully saturated rings. The summed E-state index contributed by atoms with van der Waals surface area (Å²) in [5.41, 5.74) is 0. The highest BCUT2D eigenvalue weighted by molar-refractivity contribution is 14.1. The maximum atomic E-state index is 11.8. The Hall–Kier alpha value is -0.100. The Morgan fingerprint density at radius 1 is 1.46 bits per heavy atom. The van der Waals surface area contributed by atoms with Crippen molar-refractivity contribution in [3.8, 4) is 5.75 Å². The summed E-state index contributed by atoms with van der Waals surface area (Å²) in [6.45, 7) is -0.601. The van der Waals surface area contributed by atoms with E-state index in [0.717, 1.165) is 3.57 Å². The number of hydrogen-bond donors (Lipinski definition) is 0. The molecule has 0 aromatic heterocycles. The van der Waals surface area contributed by atoms with Gasteiger partial charge in [0.25, 0.3) is 6.43 Å². The SMILES string of the molecule is FC(F)COc1cc(Cl)ccc1I. The van der Waals surface area contributed by atoms with Crippen LogP contribution in [-0.2, 0) is 0 Å². The molecule has 0 spiro atoms. The molecule has 1 aromatic rings. The summed E-state index contributed by atoms with van der Waals surface area (Å²) >= 11 is 7.66. The highest BCUT2D eigenvalue weighted by atomic mass is 127. The molecular weight excluding hydrogens is 312 g/mol. The molecule has 1 nitrogen and oxygen atoms in total. The average molecular weight is 318 g/mol. The number of alkyl halides is 2. The van der Waals surface area contributed by atoms with Crippen molar-refractivity contribution in [2.45, 2.75) is 6.43 Å². The topological polar surface area (TPSA) is 9.23 Å². The van der Waals surface area contributed by atoms with Gasteiger partial charge in [-0.05, 0) is 40.8 Å². The minimum Gasteiger partial charge on any atom is -0.486 e. The third kappa shape index (κ3) is 3.64. The third-order valence-electron chi connectivity index (χ3n) is 1.26. The Bertz CT molecular complexity index is 293. The van der Waals surface area contributed by atoms with E-state index >= 15 is 0 Å². The van der Waals surface area contributed by atoms with E-state index in [1.54, 1.807) is 12.1 Å². The summed E-state index contributed by atoms with van der Waals surface area (Å²) in [6.07, 6.45) is -2.46. The lowest BCUT2D eigenvalue weighted by Crippen LogP contribution is -2.07. The standard InChI is InChI=1S/C8H6ClF2IO/c9-5-1-2-6(12)7(3-5)13-4-8(10)11/h1-3,8H,4H2. The number of hydrogen-bond acceptors (Lipinski definition) is 1. The summed E-state index contributed by atoms with van der Waals surface area (Å²) in [4.78, 5) is 0. The van der Waals surface area contributed by atoms with Gasteiger partial charge in [-0.3, -0.25) is 0 Å². The quantitative estimate of drug-likeness (QED) is 0.774. The number of halogens is 4. The molecule has 0 amide bonds. The molecule has 13 heavy (non-hydrogen) atoms. The molecule has 1 aromatic carbocycles. The lowest BCUT2D eigenvalue weighted by molar-refractivity contribution is 0.0815. The highest BCUT2D eigenvalue weighted by Crippen LogP contribution is 2.24. The minimum atomic E-state index is -2.46. The molecule has 1 rings (SSSR count). The molecule has 0 aliphatic rings. The van der Waals surface area contributed by atoms with Crippen molar-refractivity contribution in [3.05, 3.63) is 26.8 Å². The average Bonchev–Trinajstić information content (AvgIpc) is 2.06. The lowest BCUT2D eigenvalue weighted by atomic mass is 10.3. The fraction of sp³-hybridized carbons (Fsp3) is 0.250. The first kappa shape index (κ1) is 11.0. The van der Waals surface area contributed by atoms with Gasteiger partial charge in [0.15, 0.2) is 0 Å². The maximum absolute atomic E-state index is 11.8. The third-order valence-corrected chi connectivity index (χ3v) is 2.38. The molecule has 72 valence electrons. The van der Waals surface area contributed by atoms with Gasteiger partial charge in [0.2, 0.25) is 0 Å². The van der Waals surface area contributed by atoms with Crippen LogP contribution in [0.25, 0.3) is 0 Å². The predicted molar refractivity (Wildman–Crippen MR) is 55.7 cm³/mol. The maximum Gasteiger partial charge on any atom is 0.272 e. The Morgan fingerprint density at radius 3 is 2.77 bits per heavy atom. The molecule has 0 N–H and O–H groups in total. The van der Waals surface area contributed by atoms with Gasteiger partial charge >= 0.3 is 0 Å². The van der Waals surface area contributed by atoms with Crippen LogP contribution in [0.2, 0.25) is 5.02 Å². The number of benzene rings is 1. The van der Waals surface area contributed by atoms with E-state index < -0.39 is 13.0 Å². The summed E-state index contributed by atoms with van der Waals surface area (Å²) in [6, 6.07) is 4.91. The first-order valence-corrected chi connectivity index (χ1v) is 4.91. The zero-order chi connectivity index (χ0) is 9.84. The first-order chi connectivity index (χ1) is 6.09. The van der Waals surface area contributed by atoms with E-state index in [0.29, 0.717) is 10.8 Å². The van der Waals surface area contributed by atoms with Crippen molar-refractivity contribution in [3.63, 3.8) is 0 Å². The minimum absolute atomic E-state index is 0.397. The van der Waals surface area contributed by atoms with Crippen LogP contribution in [0.3, 0.4) is 0 Å². The normalized spacial score (nSPS) is 10.5. The van der Waals surface area contributed by atoms with Gasteiger partial charge < -0.3 is 4.74 Å². The second kappa shape index (κ2) is 4.95. The van der Waals surface area contributed by atoms with E-state index in [1.807, 2.05) is 22.6 Å². The summed E-state index contributed by atoms with van der Waals surface area (Å²) in [5, 5.41) is 0.477. The molecule has 0 aliphatic carbocycles. The molecule has 0 atom stereocenters. The Kier molecular flexibility index (Phi) is 4.18. The zero-order valence-corrected chi connectivity index (χ0v) is 9.35. The molecule has 0 unspecified atom stereocenters. The van der Waals surface area contributed by atoms with Crippen LogP contribution in [0.1, 0.15) is 0 Å². The van der Waals surface area contributed by atoms with Gasteiger partial charge in [-0.1, -0.05) is 11.6 Å². The van der Waals surface area contributed by atoms with E-state index in [2.05, 4.69) is 0 Å². The smallest absolute Gasteiger partial charge is 0.272 e. The predicted octanol–water partition coefficient (Wildman–Crippen LogP) is 3.59. The van der Waals surface area contributed by atoms with Crippen LogP contribution in [-0.4, -0.2) is 13.0 Å². The molecule has 0 saturated carbocycles. The van der Waals surface area contributed by atoms with Crippen LogP contribution in [0.4, 0.5) is 8.78 Å². The molecule has 0 saturated heterocycles. The van der Waals surface area contributed by atoms with Gasteiger partial charge in [0.1, 0.15) is 12.4 Å². The monoisotopic (exact) mass is 318 g/mol. The van der Waals surface area contributed by atoms with Gasteiger partial charge in [-0.15, -0.1) is 0 Å². The fourth-order valence-electron chi connectivity index (χ4n) is 0.741. The van der Waals surface area contributed by atoms with Gasteiger partial charge in [-0.2, -0.15) is 0 Å². The van der Waals surface area contributed by atoms with Crippen LogP contribution in [0, 0.1) is 3.57 Å². The molecule has 5 heteroatoms. The lowest BCUT2D eigenvalue weighted by Gasteiger charge is -2.07. The van der Waals surface area contributed by atoms with Crippen molar-refractivity contribution in [2.24, 2.45) is 0 Å². The molecule has 0 heterocycles. The van der Waals surface area contributed by atoms with Crippen LogP contribution in [0.5, 0.6) is 5.75 Å². The molecule has 0 aliphatic heterocycles. The Balaban J connectivity index is 2.70. The fourth-order valence-corrected chi connectivity index (χ4v) is 1.39. The highest BCUT2D eigenvalue weighted by Gasteiger charge is 2.06. The van der Waals surface area contributed by atoms with Crippen LogP contribution >= 0.6 is 34.2 Å². The van der Waals surface area contributed by atoms with E-state index in [-0.39, 0.29) is 0 Å². The second-order valence-electron chi connectivity index (χ2n) is 2.28. The van der Waals surface area contributed by atoms with Crippen molar-refractivity contribution >= 4 is 34.2 Å². The van der Waals surface area contributed by atoms with Crippen molar-refractivity contribution < 1.29 is 13.5 Å². The molecule has 0 bridgehead atoms. The number of ether oxygens (including phenoxy) is 1. The summed E-state index contributed by atoms with van der Waals surface area (Å²) in [7, 11) is 0. The van der Waals surface area contributed by atoms with E-state index in [9.17, 15) is 8.78 Å². The Morgan fingerprint density at radius 2 is 2.15 bits per heavy atom. The molecule has 0 radical (unpaired) electrons. The van der Waals surface area contributed by atoms with Crippen molar-refractivity contribution in [1.29, 1.82) is 0 Å². The first-order valence-electron chi connectivity index (χ1n) is 3.45. The van der Waals surface area contributed by atoms with Crippen LogP contribution < -0.4 is 4.74 Å². The summed E-state index contributed by atoms with van der Waals surface area (Å²) in [5.74, 6) is 0.397. The van der Waals surface area contributed by atoms with Crippen LogP contribution in [0.15, 0.2) is 18.2 Å². The van der Waals surface area contributed by atoms with E-state index in [1.165, 1.54) is 6.07 Å². The largest absolute Gasteiger partial charge is 0.486 e. The van der Waals surface area contributed by atoms with Gasteiger partial charge in [-0.25, -0.2) is 8.78 Å². The van der Waals surface area contributed by atoms with Gasteiger partial charge in [0.05, 0.1) is 3.57 Å². The second-order valence-corrected chi connectivity index (χ2v) is 3.88. The van der Waals surface area contributed by atoms with Gasteiger partial charge in [0, 0.05) is 5.02 Å². The zero-order valence-electron chi connectivity index (χ0n) is 6.44. The van der Waals surface area contributed by atoms with Crippen molar-refractivity contribution in [1.82, 2.24) is 0 Å². The Labute approximate surface area is 93.2 Å². The summed E-state index contributed by atoms with van der Waals surface area (Å²) < 4.78 is 29.2. The molecular formula is C8H6ClF2IO.